The fourth-order valence-electron chi connectivity index (χ4n) is 5.82. The lowest BCUT2D eigenvalue weighted by Crippen LogP contribution is -2.33. The van der Waals surface area contributed by atoms with Gasteiger partial charge in [0.2, 0.25) is 0 Å². The molecule has 1 fully saturated rings. The van der Waals surface area contributed by atoms with Crippen LogP contribution in [-0.2, 0) is 18.3 Å². The Balaban J connectivity index is 1.61. The third-order valence-electron chi connectivity index (χ3n) is 7.09. The van der Waals surface area contributed by atoms with E-state index in [0.717, 1.165) is 5.92 Å². The molecule has 1 spiro atoms. The molecule has 0 nitrogen and oxygen atoms in total. The first-order chi connectivity index (χ1) is 11.4. The third kappa shape index (κ3) is 2.05. The Morgan fingerprint density at radius 2 is 1.92 bits per heavy atom. The predicted octanol–water partition coefficient (Wildman–Crippen LogP) is 6.35. The molecule has 24 heavy (non-hydrogen) atoms. The van der Waals surface area contributed by atoms with E-state index in [0.29, 0.717) is 5.41 Å². The van der Waals surface area contributed by atoms with E-state index in [1.165, 1.54) is 54.9 Å². The lowest BCUT2D eigenvalue weighted by Gasteiger charge is -2.41. The summed E-state index contributed by atoms with van der Waals surface area (Å²) in [6.45, 7) is 7.00. The number of aryl methyl sites for hydroxylation is 1. The van der Waals surface area contributed by atoms with E-state index < -0.39 is 0 Å². The van der Waals surface area contributed by atoms with Crippen molar-refractivity contribution in [2.75, 3.05) is 0 Å². The Kier molecular flexibility index (Phi) is 2.92. The molecule has 0 N–H and O–H groups in total. The monoisotopic (exact) mass is 316 g/mol. The Morgan fingerprint density at radius 1 is 1.04 bits per heavy atom. The van der Waals surface area contributed by atoms with Gasteiger partial charge in [-0.1, -0.05) is 62.8 Å². The summed E-state index contributed by atoms with van der Waals surface area (Å²) in [5.74, 6) is 0.942. The Bertz CT molecular complexity index is 861. The van der Waals surface area contributed by atoms with Crippen LogP contribution in [0.5, 0.6) is 0 Å². The van der Waals surface area contributed by atoms with Crippen LogP contribution in [0.2, 0.25) is 0 Å². The van der Waals surface area contributed by atoms with Gasteiger partial charge in [0, 0.05) is 0 Å². The molecule has 2 unspecified atom stereocenters. The van der Waals surface area contributed by atoms with Crippen LogP contribution in [0.3, 0.4) is 0 Å². The van der Waals surface area contributed by atoms with Gasteiger partial charge in [-0.25, -0.2) is 0 Å². The van der Waals surface area contributed by atoms with Crippen LogP contribution < -0.4 is 0 Å². The molecular formula is C24H28. The van der Waals surface area contributed by atoms with Crippen molar-refractivity contribution < 1.29 is 0 Å². The van der Waals surface area contributed by atoms with E-state index in [1.54, 1.807) is 16.7 Å². The molecule has 1 saturated carbocycles. The van der Waals surface area contributed by atoms with Crippen molar-refractivity contribution in [3.63, 3.8) is 0 Å². The molecule has 0 heteroatoms. The highest BCUT2D eigenvalue weighted by molar-refractivity contribution is 5.88. The van der Waals surface area contributed by atoms with Gasteiger partial charge in [0.05, 0.1) is 0 Å². The number of allylic oxidation sites excluding steroid dienone is 2. The Labute approximate surface area is 146 Å². The fraction of sp³-hybridized carbons (Fsp3) is 0.500. The van der Waals surface area contributed by atoms with Crippen LogP contribution in [0.25, 0.3) is 10.8 Å². The van der Waals surface area contributed by atoms with Crippen LogP contribution >= 0.6 is 0 Å². The largest absolute Gasteiger partial charge is 0.0850 e. The maximum Gasteiger partial charge on any atom is -0.0126 e. The highest BCUT2D eigenvalue weighted by atomic mass is 14.5. The highest BCUT2D eigenvalue weighted by Gasteiger charge is 2.48. The van der Waals surface area contributed by atoms with Gasteiger partial charge in [0.25, 0.3) is 0 Å². The number of benzene rings is 2. The summed E-state index contributed by atoms with van der Waals surface area (Å²) in [5, 5.41) is 2.93. The van der Waals surface area contributed by atoms with Crippen molar-refractivity contribution >= 4 is 10.8 Å². The first-order valence-electron chi connectivity index (χ1n) is 9.68. The molecule has 3 aliphatic rings. The standard InChI is InChI=1S/C24H28/c1-23(2,3)22-6-4-5-18-12-19-15-24(10-9-17(19)13-21(18)22)14-16-7-8-20(24)11-16/h4-7,12-13,20H,8-11,14-15H2,1-3H3. The summed E-state index contributed by atoms with van der Waals surface area (Å²) in [6.07, 6.45) is 10.7. The average Bonchev–Trinajstić information content (AvgIpc) is 3.12. The average molecular weight is 316 g/mol. The van der Waals surface area contributed by atoms with E-state index in [9.17, 15) is 0 Å². The van der Waals surface area contributed by atoms with Crippen LogP contribution in [-0.4, -0.2) is 0 Å². The van der Waals surface area contributed by atoms with Gasteiger partial charge in [0.15, 0.2) is 0 Å². The molecule has 2 aromatic rings. The zero-order valence-corrected chi connectivity index (χ0v) is 15.3. The van der Waals surface area contributed by atoms with Crippen molar-refractivity contribution in [1.29, 1.82) is 0 Å². The van der Waals surface area contributed by atoms with E-state index in [-0.39, 0.29) is 5.41 Å². The maximum absolute atomic E-state index is 2.53. The molecule has 0 amide bonds. The van der Waals surface area contributed by atoms with Crippen LogP contribution in [0, 0.1) is 11.3 Å². The normalized spacial score (nSPS) is 28.5. The summed E-state index contributed by atoms with van der Waals surface area (Å²) in [6, 6.07) is 11.9. The predicted molar refractivity (Wildman–Crippen MR) is 103 cm³/mol. The molecule has 2 aromatic carbocycles. The topological polar surface area (TPSA) is 0 Å². The van der Waals surface area contributed by atoms with Crippen LogP contribution in [0.1, 0.15) is 63.1 Å². The molecule has 0 aromatic heterocycles. The summed E-state index contributed by atoms with van der Waals surface area (Å²) in [4.78, 5) is 0. The lowest BCUT2D eigenvalue weighted by atomic mass is 9.64. The van der Waals surface area contributed by atoms with Gasteiger partial charge in [-0.05, 0) is 82.7 Å². The van der Waals surface area contributed by atoms with E-state index in [4.69, 9.17) is 0 Å². The quantitative estimate of drug-likeness (QED) is 0.497. The number of hydrogen-bond donors (Lipinski definition) is 0. The molecule has 0 radical (unpaired) electrons. The first kappa shape index (κ1) is 14.8. The minimum atomic E-state index is 0.209. The molecule has 0 saturated heterocycles. The van der Waals surface area contributed by atoms with Gasteiger partial charge in [0.1, 0.15) is 0 Å². The molecular weight excluding hydrogens is 288 g/mol. The van der Waals surface area contributed by atoms with Gasteiger partial charge in [-0.3, -0.25) is 0 Å². The maximum atomic E-state index is 2.53. The van der Waals surface area contributed by atoms with E-state index in [2.05, 4.69) is 57.2 Å². The minimum Gasteiger partial charge on any atom is -0.0850 e. The molecule has 5 rings (SSSR count). The third-order valence-corrected chi connectivity index (χ3v) is 7.09. The molecule has 2 bridgehead atoms. The number of hydrogen-bond acceptors (Lipinski definition) is 0. The SMILES string of the molecule is CC(C)(C)c1cccc2cc3c(cc12)CCC1(CC2=CCC1C2)C3. The molecule has 2 atom stereocenters. The van der Waals surface area contributed by atoms with E-state index in [1.807, 2.05) is 0 Å². The van der Waals surface area contributed by atoms with Gasteiger partial charge in [-0.2, -0.15) is 0 Å². The molecule has 124 valence electrons. The highest BCUT2D eigenvalue weighted by Crippen LogP contribution is 2.58. The second-order valence-electron chi connectivity index (χ2n) is 9.61. The van der Waals surface area contributed by atoms with Crippen molar-refractivity contribution in [3.05, 3.63) is 58.7 Å². The van der Waals surface area contributed by atoms with Gasteiger partial charge >= 0.3 is 0 Å². The minimum absolute atomic E-state index is 0.209. The van der Waals surface area contributed by atoms with Crippen LogP contribution in [0.4, 0.5) is 0 Å². The van der Waals surface area contributed by atoms with Crippen molar-refractivity contribution in [3.8, 4) is 0 Å². The molecule has 0 aliphatic heterocycles. The number of rotatable bonds is 0. The number of fused-ring (bicyclic) bond motifs is 5. The van der Waals surface area contributed by atoms with Crippen LogP contribution in [0.15, 0.2) is 42.0 Å². The van der Waals surface area contributed by atoms with E-state index >= 15 is 0 Å². The van der Waals surface area contributed by atoms with Crippen molar-refractivity contribution in [2.24, 2.45) is 11.3 Å². The second-order valence-corrected chi connectivity index (χ2v) is 9.61. The summed E-state index contributed by atoms with van der Waals surface area (Å²) in [5.41, 5.74) is 7.34. The second kappa shape index (κ2) is 4.75. The first-order valence-corrected chi connectivity index (χ1v) is 9.68. The molecule has 3 aliphatic carbocycles. The molecule has 0 heterocycles. The summed E-state index contributed by atoms with van der Waals surface area (Å²) >= 11 is 0. The zero-order chi connectivity index (χ0) is 16.5. The lowest BCUT2D eigenvalue weighted by molar-refractivity contribution is 0.169. The fourth-order valence-corrected chi connectivity index (χ4v) is 5.82. The Morgan fingerprint density at radius 3 is 2.62 bits per heavy atom. The summed E-state index contributed by atoms with van der Waals surface area (Å²) < 4.78 is 0. The van der Waals surface area contributed by atoms with Gasteiger partial charge < -0.3 is 0 Å². The van der Waals surface area contributed by atoms with Gasteiger partial charge in [-0.15, -0.1) is 0 Å². The smallest absolute Gasteiger partial charge is 0.0126 e. The summed E-state index contributed by atoms with van der Waals surface area (Å²) in [7, 11) is 0. The Hall–Kier alpha value is -1.56. The van der Waals surface area contributed by atoms with Crippen molar-refractivity contribution in [1.82, 2.24) is 0 Å². The van der Waals surface area contributed by atoms with Crippen molar-refractivity contribution in [2.45, 2.75) is 64.7 Å². The zero-order valence-electron chi connectivity index (χ0n) is 15.3.